The van der Waals surface area contributed by atoms with Crippen molar-refractivity contribution in [1.29, 1.82) is 0 Å². The second kappa shape index (κ2) is 6.26. The first-order chi connectivity index (χ1) is 8.16. The van der Waals surface area contributed by atoms with Crippen LogP contribution in [-0.2, 0) is 38.1 Å². The van der Waals surface area contributed by atoms with Crippen LogP contribution < -0.4 is 0 Å². The molecule has 0 unspecified atom stereocenters. The molecule has 0 N–H and O–H groups in total. The fraction of sp³-hybridized carbons (Fsp3) is 1.00. The van der Waals surface area contributed by atoms with Crippen molar-refractivity contribution in [2.75, 3.05) is 38.9 Å². The molecule has 0 aliphatic carbocycles. The Morgan fingerprint density at radius 2 is 1.17 bits per heavy atom. The zero-order valence-electron chi connectivity index (χ0n) is 10.1. The molecule has 0 saturated carbocycles. The van der Waals surface area contributed by atoms with Crippen molar-refractivity contribution in [1.82, 2.24) is 0 Å². The molecular formula is C8H16O8S2. The summed E-state index contributed by atoms with van der Waals surface area (Å²) >= 11 is 0. The smallest absolute Gasteiger partial charge is 0.264 e. The summed E-state index contributed by atoms with van der Waals surface area (Å²) in [5.41, 5.74) is 0. The third-order valence-electron chi connectivity index (χ3n) is 1.74. The van der Waals surface area contributed by atoms with Gasteiger partial charge in [-0.1, -0.05) is 0 Å². The van der Waals surface area contributed by atoms with Gasteiger partial charge in [-0.25, -0.2) is 0 Å². The van der Waals surface area contributed by atoms with E-state index in [1.165, 1.54) is 0 Å². The van der Waals surface area contributed by atoms with Crippen LogP contribution in [0.4, 0.5) is 0 Å². The third-order valence-corrected chi connectivity index (χ3v) is 2.87. The Balaban J connectivity index is 0.000000180. The van der Waals surface area contributed by atoms with Crippen molar-refractivity contribution in [3.8, 4) is 0 Å². The van der Waals surface area contributed by atoms with E-state index in [1.807, 2.05) is 0 Å². The Kier molecular flexibility index (Phi) is 5.49. The summed E-state index contributed by atoms with van der Waals surface area (Å²) in [6.07, 6.45) is 2.07. The van der Waals surface area contributed by atoms with E-state index in [9.17, 15) is 16.8 Å². The van der Waals surface area contributed by atoms with Crippen molar-refractivity contribution < 1.29 is 34.7 Å². The van der Waals surface area contributed by atoms with Crippen LogP contribution >= 0.6 is 0 Å². The van der Waals surface area contributed by atoms with Crippen molar-refractivity contribution in [2.45, 2.75) is 12.2 Å². The number of hydrogen-bond donors (Lipinski definition) is 0. The molecule has 0 radical (unpaired) electrons. The average molecular weight is 304 g/mol. The quantitative estimate of drug-likeness (QED) is 0.441. The van der Waals surface area contributed by atoms with Crippen LogP contribution in [0.5, 0.6) is 0 Å². The molecule has 2 rings (SSSR count). The van der Waals surface area contributed by atoms with E-state index < -0.39 is 20.2 Å². The van der Waals surface area contributed by atoms with Crippen molar-refractivity contribution in [3.63, 3.8) is 0 Å². The maximum Gasteiger partial charge on any atom is 0.264 e. The lowest BCUT2D eigenvalue weighted by atomic mass is 10.5. The number of rotatable bonds is 6. The predicted molar refractivity (Wildman–Crippen MR) is 61.1 cm³/mol. The van der Waals surface area contributed by atoms with E-state index in [4.69, 9.17) is 9.47 Å². The molecule has 0 aromatic heterocycles. The first-order valence-corrected chi connectivity index (χ1v) is 8.71. The summed E-state index contributed by atoms with van der Waals surface area (Å²) < 4.78 is 59.4. The minimum absolute atomic E-state index is 0.0136. The molecule has 0 spiro atoms. The van der Waals surface area contributed by atoms with Gasteiger partial charge in [0.05, 0.1) is 38.9 Å². The van der Waals surface area contributed by atoms with Gasteiger partial charge < -0.3 is 9.47 Å². The molecule has 108 valence electrons. The van der Waals surface area contributed by atoms with Gasteiger partial charge in [0.2, 0.25) is 0 Å². The minimum atomic E-state index is -3.26. The van der Waals surface area contributed by atoms with Gasteiger partial charge in [0.15, 0.2) is 0 Å². The summed E-state index contributed by atoms with van der Waals surface area (Å²) in [6.45, 7) is 1.57. The van der Waals surface area contributed by atoms with Crippen LogP contribution in [0.15, 0.2) is 0 Å². The Labute approximate surface area is 106 Å². The second-order valence-corrected chi connectivity index (χ2v) is 7.18. The fourth-order valence-corrected chi connectivity index (χ4v) is 1.53. The van der Waals surface area contributed by atoms with E-state index in [0.29, 0.717) is 13.2 Å². The summed E-state index contributed by atoms with van der Waals surface area (Å²) in [6, 6.07) is 0. The molecule has 2 fully saturated rings. The molecular weight excluding hydrogens is 288 g/mol. The first kappa shape index (κ1) is 15.8. The maximum absolute atomic E-state index is 10.3. The van der Waals surface area contributed by atoms with Gasteiger partial charge in [-0.05, 0) is 0 Å². The SMILES string of the molecule is CS(=O)(=O)OC[C@@H]1CO1.CS(=O)(=O)OC[C@H]1CO1. The molecule has 2 saturated heterocycles. The van der Waals surface area contributed by atoms with Gasteiger partial charge in [0.25, 0.3) is 20.2 Å². The van der Waals surface area contributed by atoms with Crippen molar-refractivity contribution >= 4 is 20.2 Å². The molecule has 0 aromatic carbocycles. The molecule has 2 aliphatic rings. The standard InChI is InChI=1S/2C4H8O4S/c2*1-9(5,6)8-3-4-2-7-4/h2*4H,2-3H2,1H3/t2*4-/m10/s1. The monoisotopic (exact) mass is 304 g/mol. The lowest BCUT2D eigenvalue weighted by molar-refractivity contribution is 0.268. The van der Waals surface area contributed by atoms with Crippen LogP contribution in [0, 0.1) is 0 Å². The van der Waals surface area contributed by atoms with Gasteiger partial charge in [-0.15, -0.1) is 0 Å². The predicted octanol–water partition coefficient (Wildman–Crippen LogP) is -1.28. The topological polar surface area (TPSA) is 112 Å². The molecule has 0 amide bonds. The normalized spacial score (nSPS) is 26.1. The van der Waals surface area contributed by atoms with Gasteiger partial charge in [-0.3, -0.25) is 8.37 Å². The molecule has 0 bridgehead atoms. The second-order valence-electron chi connectivity index (χ2n) is 3.89. The first-order valence-electron chi connectivity index (χ1n) is 5.08. The number of ether oxygens (including phenoxy) is 2. The summed E-state index contributed by atoms with van der Waals surface area (Å²) in [7, 11) is -6.52. The van der Waals surface area contributed by atoms with E-state index in [-0.39, 0.29) is 25.4 Å². The molecule has 10 heteroatoms. The molecule has 8 nitrogen and oxygen atoms in total. The Morgan fingerprint density at radius 3 is 1.33 bits per heavy atom. The van der Waals surface area contributed by atoms with Gasteiger partial charge >= 0.3 is 0 Å². The molecule has 18 heavy (non-hydrogen) atoms. The van der Waals surface area contributed by atoms with Crippen molar-refractivity contribution in [3.05, 3.63) is 0 Å². The fourth-order valence-electron chi connectivity index (χ4n) is 0.728. The zero-order chi connectivity index (χ0) is 13.8. The van der Waals surface area contributed by atoms with E-state index in [1.54, 1.807) is 0 Å². The van der Waals surface area contributed by atoms with Crippen LogP contribution in [0.2, 0.25) is 0 Å². The Morgan fingerprint density at radius 1 is 0.889 bits per heavy atom. The number of hydrogen-bond acceptors (Lipinski definition) is 8. The summed E-state index contributed by atoms with van der Waals surface area (Å²) in [4.78, 5) is 0. The van der Waals surface area contributed by atoms with E-state index in [0.717, 1.165) is 12.5 Å². The number of epoxide rings is 2. The zero-order valence-corrected chi connectivity index (χ0v) is 11.7. The van der Waals surface area contributed by atoms with Gasteiger partial charge in [-0.2, -0.15) is 16.8 Å². The third kappa shape index (κ3) is 10.9. The highest BCUT2D eigenvalue weighted by atomic mass is 32.2. The minimum Gasteiger partial charge on any atom is -0.371 e. The highest BCUT2D eigenvalue weighted by Gasteiger charge is 2.24. The van der Waals surface area contributed by atoms with Crippen LogP contribution in [0.1, 0.15) is 0 Å². The molecule has 2 aliphatic heterocycles. The lowest BCUT2D eigenvalue weighted by Crippen LogP contribution is -2.07. The average Bonchev–Trinajstić information content (AvgIpc) is 3.05. The van der Waals surface area contributed by atoms with Crippen LogP contribution in [0.3, 0.4) is 0 Å². The van der Waals surface area contributed by atoms with E-state index >= 15 is 0 Å². The van der Waals surface area contributed by atoms with Gasteiger partial charge in [0, 0.05) is 0 Å². The highest BCUT2D eigenvalue weighted by Crippen LogP contribution is 2.09. The molecule has 2 heterocycles. The van der Waals surface area contributed by atoms with Crippen molar-refractivity contribution in [2.24, 2.45) is 0 Å². The summed E-state index contributed by atoms with van der Waals surface area (Å²) in [5, 5.41) is 0. The van der Waals surface area contributed by atoms with E-state index in [2.05, 4.69) is 8.37 Å². The lowest BCUT2D eigenvalue weighted by Gasteiger charge is -1.94. The molecule has 0 aromatic rings. The Bertz CT molecular complexity index is 401. The largest absolute Gasteiger partial charge is 0.371 e. The van der Waals surface area contributed by atoms with Crippen LogP contribution in [-0.4, -0.2) is 68.0 Å². The highest BCUT2D eigenvalue weighted by molar-refractivity contribution is 7.86. The summed E-state index contributed by atoms with van der Waals surface area (Å²) in [5.74, 6) is 0. The molecule has 2 atom stereocenters. The van der Waals surface area contributed by atoms with Crippen LogP contribution in [0.25, 0.3) is 0 Å². The maximum atomic E-state index is 10.3. The van der Waals surface area contributed by atoms with Gasteiger partial charge in [0.1, 0.15) is 12.2 Å². The Hall–Kier alpha value is -0.260.